The molecular formula is C26H25Cl. The Morgan fingerprint density at radius 3 is 2.30 bits per heavy atom. The van der Waals surface area contributed by atoms with Crippen LogP contribution in [0.3, 0.4) is 0 Å². The first-order valence-electron chi connectivity index (χ1n) is 9.72. The lowest BCUT2D eigenvalue weighted by Crippen LogP contribution is -1.99. The fourth-order valence-electron chi connectivity index (χ4n) is 4.05. The Morgan fingerprint density at radius 1 is 0.704 bits per heavy atom. The highest BCUT2D eigenvalue weighted by atomic mass is 35.5. The van der Waals surface area contributed by atoms with Gasteiger partial charge in [-0.2, -0.15) is 0 Å². The van der Waals surface area contributed by atoms with Gasteiger partial charge >= 0.3 is 0 Å². The largest absolute Gasteiger partial charge is 0.0840 e. The van der Waals surface area contributed by atoms with Crippen LogP contribution in [0.4, 0.5) is 0 Å². The SMILES string of the molecule is CC(C)c1cc2ccc(C[C@H](C)c3cccc4ccccc34)cc2cc1Cl. The highest BCUT2D eigenvalue weighted by Gasteiger charge is 2.12. The van der Waals surface area contributed by atoms with E-state index >= 15 is 0 Å². The van der Waals surface area contributed by atoms with Crippen molar-refractivity contribution in [3.63, 3.8) is 0 Å². The highest BCUT2D eigenvalue weighted by molar-refractivity contribution is 6.32. The van der Waals surface area contributed by atoms with Crippen molar-refractivity contribution < 1.29 is 0 Å². The first-order valence-corrected chi connectivity index (χ1v) is 10.1. The molecular weight excluding hydrogens is 348 g/mol. The topological polar surface area (TPSA) is 0 Å². The molecule has 0 radical (unpaired) electrons. The number of halogens is 1. The molecule has 0 saturated heterocycles. The predicted octanol–water partition coefficient (Wildman–Crippen LogP) is 8.12. The van der Waals surface area contributed by atoms with Crippen molar-refractivity contribution in [3.05, 3.63) is 94.5 Å². The zero-order valence-electron chi connectivity index (χ0n) is 16.2. The molecule has 0 bridgehead atoms. The second-order valence-corrected chi connectivity index (χ2v) is 8.29. The summed E-state index contributed by atoms with van der Waals surface area (Å²) in [5, 5.41) is 6.04. The number of hydrogen-bond acceptors (Lipinski definition) is 0. The quantitative estimate of drug-likeness (QED) is 0.339. The molecule has 0 saturated carbocycles. The number of rotatable bonds is 4. The van der Waals surface area contributed by atoms with Crippen molar-refractivity contribution in [2.45, 2.75) is 39.0 Å². The lowest BCUT2D eigenvalue weighted by Gasteiger charge is -2.16. The molecule has 27 heavy (non-hydrogen) atoms. The van der Waals surface area contributed by atoms with Crippen LogP contribution >= 0.6 is 11.6 Å². The molecule has 0 spiro atoms. The fraction of sp³-hybridized carbons (Fsp3) is 0.231. The maximum Gasteiger partial charge on any atom is 0.0446 e. The van der Waals surface area contributed by atoms with Gasteiger partial charge in [0.15, 0.2) is 0 Å². The summed E-state index contributed by atoms with van der Waals surface area (Å²) in [6.07, 6.45) is 1.02. The van der Waals surface area contributed by atoms with E-state index in [0.29, 0.717) is 11.8 Å². The Balaban J connectivity index is 1.67. The van der Waals surface area contributed by atoms with Gasteiger partial charge < -0.3 is 0 Å². The van der Waals surface area contributed by atoms with Gasteiger partial charge in [-0.25, -0.2) is 0 Å². The van der Waals surface area contributed by atoms with Gasteiger partial charge in [-0.1, -0.05) is 93.0 Å². The van der Waals surface area contributed by atoms with Crippen LogP contribution in [0.15, 0.2) is 72.8 Å². The van der Waals surface area contributed by atoms with E-state index in [1.165, 1.54) is 38.2 Å². The Morgan fingerprint density at radius 2 is 1.48 bits per heavy atom. The van der Waals surface area contributed by atoms with E-state index in [9.17, 15) is 0 Å². The average molecular weight is 373 g/mol. The van der Waals surface area contributed by atoms with Gasteiger partial charge in [0.2, 0.25) is 0 Å². The zero-order chi connectivity index (χ0) is 19.0. The monoisotopic (exact) mass is 372 g/mol. The minimum atomic E-state index is 0.438. The molecule has 1 heteroatoms. The summed E-state index contributed by atoms with van der Waals surface area (Å²) in [5.41, 5.74) is 4.00. The maximum atomic E-state index is 6.52. The van der Waals surface area contributed by atoms with Crippen molar-refractivity contribution in [1.29, 1.82) is 0 Å². The number of benzene rings is 4. The summed E-state index contributed by atoms with van der Waals surface area (Å²) in [6, 6.07) is 26.4. The summed E-state index contributed by atoms with van der Waals surface area (Å²) in [5.74, 6) is 0.895. The Hall–Kier alpha value is -2.31. The molecule has 0 aliphatic heterocycles. The summed E-state index contributed by atoms with van der Waals surface area (Å²) >= 11 is 6.52. The predicted molar refractivity (Wildman–Crippen MR) is 119 cm³/mol. The summed E-state index contributed by atoms with van der Waals surface area (Å²) < 4.78 is 0. The number of fused-ring (bicyclic) bond motifs is 2. The minimum Gasteiger partial charge on any atom is -0.0840 e. The average Bonchev–Trinajstić information content (AvgIpc) is 2.66. The van der Waals surface area contributed by atoms with E-state index in [2.05, 4.69) is 93.6 Å². The van der Waals surface area contributed by atoms with E-state index in [4.69, 9.17) is 11.6 Å². The molecule has 0 unspecified atom stereocenters. The van der Waals surface area contributed by atoms with E-state index in [-0.39, 0.29) is 0 Å². The van der Waals surface area contributed by atoms with Crippen LogP contribution in [0.25, 0.3) is 21.5 Å². The van der Waals surface area contributed by atoms with Crippen molar-refractivity contribution >= 4 is 33.1 Å². The molecule has 4 aromatic rings. The summed E-state index contributed by atoms with van der Waals surface area (Å²) in [4.78, 5) is 0. The third-order valence-corrected chi connectivity index (χ3v) is 5.87. The van der Waals surface area contributed by atoms with Crippen LogP contribution in [0.2, 0.25) is 5.02 Å². The van der Waals surface area contributed by atoms with Crippen LogP contribution < -0.4 is 0 Å². The molecule has 0 fully saturated rings. The zero-order valence-corrected chi connectivity index (χ0v) is 16.9. The molecule has 0 amide bonds. The molecule has 4 aromatic carbocycles. The second kappa shape index (κ2) is 7.37. The van der Waals surface area contributed by atoms with Crippen LogP contribution in [0.5, 0.6) is 0 Å². The van der Waals surface area contributed by atoms with Crippen LogP contribution in [0, 0.1) is 0 Å². The van der Waals surface area contributed by atoms with E-state index in [1.807, 2.05) is 0 Å². The lowest BCUT2D eigenvalue weighted by molar-refractivity contribution is 0.766. The third kappa shape index (κ3) is 3.59. The van der Waals surface area contributed by atoms with Gasteiger partial charge in [0.1, 0.15) is 0 Å². The normalized spacial score (nSPS) is 12.8. The molecule has 0 N–H and O–H groups in total. The molecule has 0 aliphatic rings. The van der Waals surface area contributed by atoms with Crippen molar-refractivity contribution in [1.82, 2.24) is 0 Å². The Kier molecular flexibility index (Phi) is 4.93. The lowest BCUT2D eigenvalue weighted by atomic mass is 9.89. The fourth-order valence-corrected chi connectivity index (χ4v) is 4.44. The first kappa shape index (κ1) is 18.1. The standard InChI is InChI=1S/C26H25Cl/c1-17(2)25-15-21-12-11-19(14-22(21)16-26(25)27)13-18(3)23-10-6-8-20-7-4-5-9-24(20)23/h4-12,14-18H,13H2,1-3H3/t18-/m0/s1. The van der Waals surface area contributed by atoms with E-state index < -0.39 is 0 Å². The van der Waals surface area contributed by atoms with Gasteiger partial charge in [0.05, 0.1) is 0 Å². The number of hydrogen-bond donors (Lipinski definition) is 0. The van der Waals surface area contributed by atoms with Crippen molar-refractivity contribution in [3.8, 4) is 0 Å². The maximum absolute atomic E-state index is 6.52. The molecule has 4 rings (SSSR count). The van der Waals surface area contributed by atoms with Gasteiger partial charge in [0, 0.05) is 5.02 Å². The molecule has 0 aliphatic carbocycles. The van der Waals surface area contributed by atoms with Crippen LogP contribution in [-0.2, 0) is 6.42 Å². The smallest absolute Gasteiger partial charge is 0.0446 e. The molecule has 0 aromatic heterocycles. The Labute approximate surface area is 166 Å². The summed E-state index contributed by atoms with van der Waals surface area (Å²) in [7, 11) is 0. The van der Waals surface area contributed by atoms with Crippen LogP contribution in [-0.4, -0.2) is 0 Å². The highest BCUT2D eigenvalue weighted by Crippen LogP contribution is 2.32. The van der Waals surface area contributed by atoms with E-state index in [0.717, 1.165) is 11.4 Å². The molecule has 0 nitrogen and oxygen atoms in total. The molecule has 0 heterocycles. The van der Waals surface area contributed by atoms with Crippen LogP contribution in [0.1, 0.15) is 49.3 Å². The van der Waals surface area contributed by atoms with Crippen molar-refractivity contribution in [2.75, 3.05) is 0 Å². The second-order valence-electron chi connectivity index (χ2n) is 7.88. The van der Waals surface area contributed by atoms with Gasteiger partial charge in [-0.3, -0.25) is 0 Å². The third-order valence-electron chi connectivity index (χ3n) is 5.54. The summed E-state index contributed by atoms with van der Waals surface area (Å²) in [6.45, 7) is 6.70. The van der Waals surface area contributed by atoms with Crippen molar-refractivity contribution in [2.24, 2.45) is 0 Å². The minimum absolute atomic E-state index is 0.438. The van der Waals surface area contributed by atoms with Gasteiger partial charge in [-0.15, -0.1) is 0 Å². The first-order chi connectivity index (χ1) is 13.0. The molecule has 1 atom stereocenters. The molecule has 136 valence electrons. The Bertz CT molecular complexity index is 1100. The van der Waals surface area contributed by atoms with E-state index in [1.54, 1.807) is 0 Å². The van der Waals surface area contributed by atoms with Gasteiger partial charge in [0.25, 0.3) is 0 Å². The van der Waals surface area contributed by atoms with Gasteiger partial charge in [-0.05, 0) is 68.6 Å².